The van der Waals surface area contributed by atoms with Crippen LogP contribution >= 0.6 is 0 Å². The number of hydrogen-bond acceptors (Lipinski definition) is 5. The molecule has 2 saturated heterocycles. The molecular weight excluding hydrogens is 278 g/mol. The molecule has 3 heterocycles. The Bertz CT molecular complexity index is 541. The van der Waals surface area contributed by atoms with Crippen LogP contribution in [0.3, 0.4) is 0 Å². The number of amides is 1. The second-order valence-corrected chi connectivity index (χ2v) is 6.74. The predicted molar refractivity (Wildman–Crippen MR) is 85.7 cm³/mol. The molecule has 6 heteroatoms. The van der Waals surface area contributed by atoms with Crippen molar-refractivity contribution in [2.45, 2.75) is 32.7 Å². The number of carbonyl (C=O) groups is 1. The molecule has 0 bridgehead atoms. The lowest BCUT2D eigenvalue weighted by molar-refractivity contribution is 0.0786. The van der Waals surface area contributed by atoms with Crippen LogP contribution in [0, 0.1) is 11.8 Å². The van der Waals surface area contributed by atoms with E-state index in [-0.39, 0.29) is 11.9 Å². The van der Waals surface area contributed by atoms with E-state index < -0.39 is 0 Å². The highest BCUT2D eigenvalue weighted by molar-refractivity contribution is 5.92. The summed E-state index contributed by atoms with van der Waals surface area (Å²) in [5.41, 5.74) is 6.69. The molecular formula is C16H25N5O. The van der Waals surface area contributed by atoms with Gasteiger partial charge in [0.25, 0.3) is 5.91 Å². The summed E-state index contributed by atoms with van der Waals surface area (Å²) in [6, 6.07) is 0.153. The Labute approximate surface area is 131 Å². The highest BCUT2D eigenvalue weighted by atomic mass is 16.2. The van der Waals surface area contributed by atoms with Gasteiger partial charge in [-0.15, -0.1) is 0 Å². The van der Waals surface area contributed by atoms with Gasteiger partial charge in [-0.2, -0.15) is 0 Å². The van der Waals surface area contributed by atoms with Crippen LogP contribution in [0.1, 0.15) is 37.2 Å². The SMILES string of the molecule is CC(C)C1CN(c2cncc(C(=O)N3CCCC3)n2)CC1N. The van der Waals surface area contributed by atoms with Crippen LogP contribution in [0.2, 0.25) is 0 Å². The number of hydrogen-bond donors (Lipinski definition) is 1. The number of carbonyl (C=O) groups excluding carboxylic acids is 1. The van der Waals surface area contributed by atoms with Gasteiger partial charge in [-0.05, 0) is 24.7 Å². The molecule has 0 aliphatic carbocycles. The average Bonchev–Trinajstić information content (AvgIpc) is 3.16. The molecule has 22 heavy (non-hydrogen) atoms. The van der Waals surface area contributed by atoms with Crippen LogP contribution in [0.5, 0.6) is 0 Å². The summed E-state index contributed by atoms with van der Waals surface area (Å²) < 4.78 is 0. The van der Waals surface area contributed by atoms with Gasteiger partial charge >= 0.3 is 0 Å². The van der Waals surface area contributed by atoms with Crippen LogP contribution in [-0.4, -0.2) is 53.0 Å². The largest absolute Gasteiger partial charge is 0.353 e. The topological polar surface area (TPSA) is 75.4 Å². The lowest BCUT2D eigenvalue weighted by Gasteiger charge is -2.20. The van der Waals surface area contributed by atoms with Crippen molar-refractivity contribution in [2.24, 2.45) is 17.6 Å². The molecule has 2 atom stereocenters. The van der Waals surface area contributed by atoms with Gasteiger partial charge in [-0.3, -0.25) is 9.78 Å². The van der Waals surface area contributed by atoms with Crippen LogP contribution in [0.15, 0.2) is 12.4 Å². The van der Waals surface area contributed by atoms with Gasteiger partial charge in [0.05, 0.1) is 12.4 Å². The van der Waals surface area contributed by atoms with Crippen molar-refractivity contribution in [3.63, 3.8) is 0 Å². The number of likely N-dealkylation sites (tertiary alicyclic amines) is 1. The van der Waals surface area contributed by atoms with Crippen LogP contribution in [0.25, 0.3) is 0 Å². The molecule has 120 valence electrons. The summed E-state index contributed by atoms with van der Waals surface area (Å²) in [4.78, 5) is 25.2. The fourth-order valence-electron chi connectivity index (χ4n) is 3.44. The van der Waals surface area contributed by atoms with E-state index in [2.05, 4.69) is 28.7 Å². The molecule has 1 aromatic rings. The quantitative estimate of drug-likeness (QED) is 0.906. The number of nitrogens with zero attached hydrogens (tertiary/aromatic N) is 4. The number of nitrogens with two attached hydrogens (primary N) is 1. The summed E-state index contributed by atoms with van der Waals surface area (Å²) >= 11 is 0. The van der Waals surface area contributed by atoms with E-state index in [1.807, 2.05) is 4.90 Å². The molecule has 0 radical (unpaired) electrons. The van der Waals surface area contributed by atoms with E-state index in [1.165, 1.54) is 0 Å². The van der Waals surface area contributed by atoms with E-state index in [4.69, 9.17) is 5.73 Å². The molecule has 0 spiro atoms. The van der Waals surface area contributed by atoms with Crippen molar-refractivity contribution in [3.8, 4) is 0 Å². The molecule has 0 saturated carbocycles. The zero-order chi connectivity index (χ0) is 15.7. The van der Waals surface area contributed by atoms with Gasteiger partial charge in [0.2, 0.25) is 0 Å². The van der Waals surface area contributed by atoms with Crippen LogP contribution < -0.4 is 10.6 Å². The fraction of sp³-hybridized carbons (Fsp3) is 0.688. The second kappa shape index (κ2) is 6.20. The maximum absolute atomic E-state index is 12.4. The lowest BCUT2D eigenvalue weighted by atomic mass is 9.92. The lowest BCUT2D eigenvalue weighted by Crippen LogP contribution is -2.32. The summed E-state index contributed by atoms with van der Waals surface area (Å²) in [7, 11) is 0. The zero-order valence-electron chi connectivity index (χ0n) is 13.4. The molecule has 2 aliphatic rings. The third-order valence-electron chi connectivity index (χ3n) is 4.83. The minimum atomic E-state index is -0.00393. The summed E-state index contributed by atoms with van der Waals surface area (Å²) in [6.07, 6.45) is 5.46. The molecule has 1 aromatic heterocycles. The average molecular weight is 303 g/mol. The summed E-state index contributed by atoms with van der Waals surface area (Å²) in [6.45, 7) is 7.72. The van der Waals surface area contributed by atoms with Crippen molar-refractivity contribution < 1.29 is 4.79 Å². The number of rotatable bonds is 3. The van der Waals surface area contributed by atoms with Crippen LogP contribution in [-0.2, 0) is 0 Å². The Morgan fingerprint density at radius 3 is 2.64 bits per heavy atom. The molecule has 1 amide bonds. The maximum Gasteiger partial charge on any atom is 0.274 e. The Hall–Kier alpha value is -1.69. The van der Waals surface area contributed by atoms with E-state index >= 15 is 0 Å². The first kappa shape index (κ1) is 15.2. The van der Waals surface area contributed by atoms with E-state index in [0.717, 1.165) is 44.8 Å². The van der Waals surface area contributed by atoms with Crippen molar-refractivity contribution >= 4 is 11.7 Å². The second-order valence-electron chi connectivity index (χ2n) is 6.74. The van der Waals surface area contributed by atoms with Gasteiger partial charge in [-0.25, -0.2) is 4.98 Å². The molecule has 2 unspecified atom stereocenters. The summed E-state index contributed by atoms with van der Waals surface area (Å²) in [5.74, 6) is 1.77. The zero-order valence-corrected chi connectivity index (χ0v) is 13.4. The first-order valence-electron chi connectivity index (χ1n) is 8.18. The molecule has 0 aromatic carbocycles. The van der Waals surface area contributed by atoms with Crippen molar-refractivity contribution in [1.82, 2.24) is 14.9 Å². The van der Waals surface area contributed by atoms with Gasteiger partial charge in [0, 0.05) is 32.2 Å². The Morgan fingerprint density at radius 1 is 1.27 bits per heavy atom. The number of anilines is 1. The smallest absolute Gasteiger partial charge is 0.274 e. The van der Waals surface area contributed by atoms with E-state index in [1.54, 1.807) is 12.4 Å². The molecule has 3 rings (SSSR count). The van der Waals surface area contributed by atoms with Crippen molar-refractivity contribution in [3.05, 3.63) is 18.1 Å². The van der Waals surface area contributed by atoms with Crippen molar-refractivity contribution in [2.75, 3.05) is 31.1 Å². The van der Waals surface area contributed by atoms with E-state index in [0.29, 0.717) is 17.5 Å². The van der Waals surface area contributed by atoms with Crippen molar-refractivity contribution in [1.29, 1.82) is 0 Å². The van der Waals surface area contributed by atoms with E-state index in [9.17, 15) is 4.79 Å². The minimum absolute atomic E-state index is 0.00393. The first-order valence-corrected chi connectivity index (χ1v) is 8.18. The predicted octanol–water partition coefficient (Wildman–Crippen LogP) is 1.13. The third kappa shape index (κ3) is 2.92. The summed E-state index contributed by atoms with van der Waals surface area (Å²) in [5, 5.41) is 0. The number of aromatic nitrogens is 2. The van der Waals surface area contributed by atoms with Crippen LogP contribution in [0.4, 0.5) is 5.82 Å². The highest BCUT2D eigenvalue weighted by Crippen LogP contribution is 2.26. The molecule has 2 aliphatic heterocycles. The normalized spacial score (nSPS) is 25.3. The standard InChI is InChI=1S/C16H25N5O/c1-11(2)12-9-21(10-13(12)17)15-8-18-7-14(19-15)16(22)20-5-3-4-6-20/h7-8,11-13H,3-6,9-10,17H2,1-2H3. The molecule has 6 nitrogen and oxygen atoms in total. The maximum atomic E-state index is 12.4. The Morgan fingerprint density at radius 2 is 2.00 bits per heavy atom. The molecule has 2 N–H and O–H groups in total. The Balaban J connectivity index is 1.75. The molecule has 2 fully saturated rings. The fourth-order valence-corrected chi connectivity index (χ4v) is 3.44. The monoisotopic (exact) mass is 303 g/mol. The van der Waals surface area contributed by atoms with Gasteiger partial charge in [0.1, 0.15) is 11.5 Å². The minimum Gasteiger partial charge on any atom is -0.353 e. The van der Waals surface area contributed by atoms with Gasteiger partial charge in [-0.1, -0.05) is 13.8 Å². The van der Waals surface area contributed by atoms with Gasteiger partial charge < -0.3 is 15.5 Å². The van der Waals surface area contributed by atoms with Gasteiger partial charge in [0.15, 0.2) is 0 Å². The Kier molecular flexibility index (Phi) is 4.29. The highest BCUT2D eigenvalue weighted by Gasteiger charge is 2.33. The first-order chi connectivity index (χ1) is 10.6. The third-order valence-corrected chi connectivity index (χ3v) is 4.83.